The smallest absolute Gasteiger partial charge is 0.493 e. The van der Waals surface area contributed by atoms with Crippen molar-refractivity contribution in [3.05, 3.63) is 95.6 Å². The molecule has 0 saturated heterocycles. The van der Waals surface area contributed by atoms with Crippen LogP contribution in [0.4, 0.5) is 4.79 Å². The number of ether oxygens (including phenoxy) is 2. The maximum Gasteiger partial charge on any atom is 0.512 e. The van der Waals surface area contributed by atoms with Gasteiger partial charge in [0.2, 0.25) is 5.88 Å². The molecule has 1 aromatic heterocycles. The summed E-state index contributed by atoms with van der Waals surface area (Å²) >= 11 is 0. The van der Waals surface area contributed by atoms with E-state index in [9.17, 15) is 15.0 Å². The van der Waals surface area contributed by atoms with E-state index < -0.39 is 11.8 Å². The van der Waals surface area contributed by atoms with Gasteiger partial charge in [0.05, 0.1) is 17.7 Å². The van der Waals surface area contributed by atoms with Gasteiger partial charge in [-0.15, -0.1) is 0 Å². The van der Waals surface area contributed by atoms with Gasteiger partial charge in [-0.3, -0.25) is 0 Å². The molecule has 0 radical (unpaired) electrons. The Morgan fingerprint density at radius 1 is 0.952 bits per heavy atom. The number of fused-ring (bicyclic) bond motifs is 4. The van der Waals surface area contributed by atoms with Gasteiger partial charge in [0.15, 0.2) is 0 Å². The number of carboxylic acid groups (broad SMARTS) is 1. The minimum Gasteiger partial charge on any atom is -0.493 e. The number of para-hydroxylation sites is 1. The van der Waals surface area contributed by atoms with Crippen LogP contribution < -0.4 is 9.47 Å². The highest BCUT2D eigenvalue weighted by Gasteiger charge is 2.51. The molecule has 1 heterocycles. The van der Waals surface area contributed by atoms with Crippen molar-refractivity contribution < 1.29 is 24.5 Å². The zero-order valence-electron chi connectivity index (χ0n) is 23.7. The fourth-order valence-corrected chi connectivity index (χ4v) is 7.68. The Bertz CT molecular complexity index is 1800. The summed E-state index contributed by atoms with van der Waals surface area (Å²) in [5, 5.41) is 24.5. The highest BCUT2D eigenvalue weighted by Crippen LogP contribution is 2.56. The minimum absolute atomic E-state index is 0.246. The maximum absolute atomic E-state index is 11.8. The van der Waals surface area contributed by atoms with Crippen molar-refractivity contribution in [2.24, 2.45) is 11.8 Å². The number of nitrogens with one attached hydrogen (secondary N) is 1. The Balaban J connectivity index is 1.20. The maximum atomic E-state index is 11.8. The normalized spacial score (nSPS) is 21.3. The number of carbonyl (C=O) groups is 1. The molecule has 2 aliphatic carbocycles. The molecule has 0 aliphatic heterocycles. The molecular formula is C36H35NO5. The lowest BCUT2D eigenvalue weighted by atomic mass is 9.76. The van der Waals surface area contributed by atoms with Gasteiger partial charge in [-0.25, -0.2) is 4.79 Å². The van der Waals surface area contributed by atoms with Crippen LogP contribution in [0.2, 0.25) is 0 Å². The van der Waals surface area contributed by atoms with Crippen LogP contribution in [0.1, 0.15) is 48.8 Å². The Labute approximate surface area is 244 Å². The van der Waals surface area contributed by atoms with E-state index in [1.165, 1.54) is 6.42 Å². The first-order valence-corrected chi connectivity index (χ1v) is 14.9. The van der Waals surface area contributed by atoms with E-state index >= 15 is 0 Å². The highest BCUT2D eigenvalue weighted by molar-refractivity contribution is 5.98. The average Bonchev–Trinajstić information content (AvgIpc) is 3.68. The van der Waals surface area contributed by atoms with Crippen molar-refractivity contribution in [2.45, 2.75) is 51.0 Å². The fraction of sp³-hybridized carbons (Fsp3) is 0.306. The first-order valence-electron chi connectivity index (χ1n) is 14.9. The molecule has 42 heavy (non-hydrogen) atoms. The number of benzene rings is 4. The predicted molar refractivity (Wildman–Crippen MR) is 164 cm³/mol. The number of hydrogen-bond donors (Lipinski definition) is 3. The SMILES string of the molecule is Cc1c(-c2cccc3c(CCCOc4cccc5ccccc45)c(OC(=O)O)[nH]c23)cccc1C1(O)C[C@@H]2CC[C@H]1C2. The van der Waals surface area contributed by atoms with Gasteiger partial charge in [-0.2, -0.15) is 0 Å². The average molecular weight is 562 g/mol. The summed E-state index contributed by atoms with van der Waals surface area (Å²) in [6, 6.07) is 26.4. The molecule has 4 aromatic carbocycles. The molecule has 214 valence electrons. The molecule has 3 atom stereocenters. The number of aromatic nitrogens is 1. The van der Waals surface area contributed by atoms with Gasteiger partial charge in [0, 0.05) is 21.9 Å². The van der Waals surface area contributed by atoms with Gasteiger partial charge >= 0.3 is 6.16 Å². The summed E-state index contributed by atoms with van der Waals surface area (Å²) in [6.07, 6.45) is 4.15. The van der Waals surface area contributed by atoms with Gasteiger partial charge in [0.25, 0.3) is 0 Å². The third-order valence-corrected chi connectivity index (χ3v) is 9.58. The number of aryl methyl sites for hydroxylation is 1. The van der Waals surface area contributed by atoms with Crippen LogP contribution in [0.3, 0.4) is 0 Å². The lowest BCUT2D eigenvalue weighted by molar-refractivity contribution is -0.0187. The van der Waals surface area contributed by atoms with Crippen molar-refractivity contribution >= 4 is 27.8 Å². The fourth-order valence-electron chi connectivity index (χ4n) is 7.68. The van der Waals surface area contributed by atoms with E-state index in [0.717, 1.165) is 74.5 Å². The molecule has 6 nitrogen and oxygen atoms in total. The van der Waals surface area contributed by atoms with Crippen LogP contribution in [-0.2, 0) is 12.0 Å². The number of H-pyrrole nitrogens is 1. The first-order chi connectivity index (χ1) is 20.4. The molecular weight excluding hydrogens is 526 g/mol. The Kier molecular flexibility index (Phi) is 6.66. The van der Waals surface area contributed by atoms with Crippen molar-refractivity contribution in [3.8, 4) is 22.8 Å². The zero-order chi connectivity index (χ0) is 28.8. The predicted octanol–water partition coefficient (Wildman–Crippen LogP) is 8.37. The Morgan fingerprint density at radius 2 is 1.71 bits per heavy atom. The van der Waals surface area contributed by atoms with Crippen molar-refractivity contribution in [1.82, 2.24) is 4.98 Å². The highest BCUT2D eigenvalue weighted by atomic mass is 16.7. The van der Waals surface area contributed by atoms with E-state index in [4.69, 9.17) is 9.47 Å². The standard InChI is InChI=1S/C36H35NO5/c1-22-26(11-6-15-31(22)36(40)21-23-17-18-25(36)20-23)28-12-5-13-29-30(34(37-33(28)29)42-35(38)39)14-7-19-41-32-16-4-9-24-8-2-3-10-27(24)32/h2-6,8-13,15-16,23,25,37,40H,7,14,17-21H2,1H3,(H,38,39)/t23-,25+,36?/m1/s1. The monoisotopic (exact) mass is 561 g/mol. The summed E-state index contributed by atoms with van der Waals surface area (Å²) in [6.45, 7) is 2.57. The molecule has 6 heteroatoms. The van der Waals surface area contributed by atoms with E-state index in [1.807, 2.05) is 48.5 Å². The Morgan fingerprint density at radius 3 is 2.52 bits per heavy atom. The third-order valence-electron chi connectivity index (χ3n) is 9.58. The molecule has 7 rings (SSSR count). The second-order valence-electron chi connectivity index (χ2n) is 11.9. The molecule has 0 amide bonds. The van der Waals surface area contributed by atoms with Crippen LogP contribution in [0.5, 0.6) is 11.6 Å². The lowest BCUT2D eigenvalue weighted by Crippen LogP contribution is -2.33. The minimum atomic E-state index is -1.35. The number of aliphatic hydroxyl groups is 1. The quantitative estimate of drug-likeness (QED) is 0.131. The molecule has 2 saturated carbocycles. The van der Waals surface area contributed by atoms with E-state index in [2.05, 4.69) is 42.2 Å². The van der Waals surface area contributed by atoms with Crippen LogP contribution in [0.15, 0.2) is 78.9 Å². The van der Waals surface area contributed by atoms with Crippen LogP contribution in [0, 0.1) is 18.8 Å². The molecule has 0 spiro atoms. The van der Waals surface area contributed by atoms with Crippen LogP contribution in [-0.4, -0.2) is 28.0 Å². The summed E-state index contributed by atoms with van der Waals surface area (Å²) < 4.78 is 11.4. The molecule has 1 unspecified atom stereocenters. The second kappa shape index (κ2) is 10.5. The second-order valence-corrected chi connectivity index (χ2v) is 11.9. The van der Waals surface area contributed by atoms with Crippen LogP contribution >= 0.6 is 0 Å². The molecule has 2 bridgehead atoms. The molecule has 2 fully saturated rings. The summed E-state index contributed by atoms with van der Waals surface area (Å²) in [5.41, 5.74) is 4.95. The molecule has 2 aliphatic rings. The largest absolute Gasteiger partial charge is 0.512 e. The van der Waals surface area contributed by atoms with Gasteiger partial charge in [0.1, 0.15) is 5.75 Å². The first kappa shape index (κ1) is 26.6. The van der Waals surface area contributed by atoms with E-state index in [0.29, 0.717) is 31.3 Å². The van der Waals surface area contributed by atoms with Crippen LogP contribution in [0.25, 0.3) is 32.8 Å². The van der Waals surface area contributed by atoms with Gasteiger partial charge in [-0.1, -0.05) is 72.8 Å². The molecule has 3 N–H and O–H groups in total. The van der Waals surface area contributed by atoms with Crippen molar-refractivity contribution in [1.29, 1.82) is 0 Å². The Hall–Kier alpha value is -4.29. The third kappa shape index (κ3) is 4.51. The van der Waals surface area contributed by atoms with Gasteiger partial charge in [-0.05, 0) is 85.4 Å². The lowest BCUT2D eigenvalue weighted by Gasteiger charge is -2.34. The van der Waals surface area contributed by atoms with Crippen molar-refractivity contribution in [3.63, 3.8) is 0 Å². The number of aromatic amines is 1. The molecule has 5 aromatic rings. The summed E-state index contributed by atoms with van der Waals surface area (Å²) in [7, 11) is 0. The topological polar surface area (TPSA) is 91.8 Å². The number of hydrogen-bond acceptors (Lipinski definition) is 4. The summed E-state index contributed by atoms with van der Waals surface area (Å²) in [5.74, 6) is 2.01. The zero-order valence-corrected chi connectivity index (χ0v) is 23.7. The summed E-state index contributed by atoms with van der Waals surface area (Å²) in [4.78, 5) is 14.9. The number of rotatable bonds is 8. The van der Waals surface area contributed by atoms with E-state index in [1.54, 1.807) is 0 Å². The van der Waals surface area contributed by atoms with Crippen molar-refractivity contribution in [2.75, 3.05) is 6.61 Å². The van der Waals surface area contributed by atoms with Gasteiger partial charge < -0.3 is 24.7 Å². The van der Waals surface area contributed by atoms with E-state index in [-0.39, 0.29) is 5.88 Å².